The van der Waals surface area contributed by atoms with Gasteiger partial charge in [-0.05, 0) is 37.3 Å². The highest BCUT2D eigenvalue weighted by Gasteiger charge is 2.50. The van der Waals surface area contributed by atoms with Crippen molar-refractivity contribution in [2.24, 2.45) is 0 Å². The van der Waals surface area contributed by atoms with E-state index in [4.69, 9.17) is 4.98 Å². The number of benzene rings is 1. The maximum absolute atomic E-state index is 12.7. The average Bonchev–Trinajstić information content (AvgIpc) is 3.41. The van der Waals surface area contributed by atoms with Gasteiger partial charge in [0.1, 0.15) is 17.6 Å². The van der Waals surface area contributed by atoms with Crippen LogP contribution in [0.25, 0.3) is 5.95 Å². The number of amides is 1. The van der Waals surface area contributed by atoms with Gasteiger partial charge in [0.25, 0.3) is 5.95 Å². The van der Waals surface area contributed by atoms with Crippen LogP contribution in [-0.4, -0.2) is 42.7 Å². The lowest BCUT2D eigenvalue weighted by Gasteiger charge is -2.41. The van der Waals surface area contributed by atoms with E-state index in [0.29, 0.717) is 17.5 Å². The molecule has 3 aromatic rings. The van der Waals surface area contributed by atoms with Crippen LogP contribution in [0.2, 0.25) is 0 Å². The molecular weight excluding hydrogens is 366 g/mol. The van der Waals surface area contributed by atoms with Crippen molar-refractivity contribution in [1.29, 1.82) is 0 Å². The monoisotopic (exact) mass is 385 g/mol. The van der Waals surface area contributed by atoms with Gasteiger partial charge in [-0.1, -0.05) is 31.0 Å². The topological polar surface area (TPSA) is 88.8 Å². The molecule has 4 heterocycles. The van der Waals surface area contributed by atoms with Crippen LogP contribution in [0.3, 0.4) is 0 Å². The average molecular weight is 385 g/mol. The normalized spacial score (nSPS) is 19.8. The zero-order valence-corrected chi connectivity index (χ0v) is 16.0. The molecule has 144 valence electrons. The zero-order valence-electron chi connectivity index (χ0n) is 16.0. The molecule has 2 aliphatic heterocycles. The molecule has 2 aromatic heterocycles. The number of hydrogen-bond donors (Lipinski definition) is 1. The Hall–Kier alpha value is -3.73. The minimum absolute atomic E-state index is 0.0246. The number of nitrogens with one attached hydrogen (secondary N) is 1. The van der Waals surface area contributed by atoms with Gasteiger partial charge in [0.15, 0.2) is 5.82 Å². The lowest BCUT2D eigenvalue weighted by Crippen LogP contribution is -2.56. The summed E-state index contributed by atoms with van der Waals surface area (Å²) in [5, 5.41) is 7.24. The fourth-order valence-corrected chi connectivity index (χ4v) is 4.07. The van der Waals surface area contributed by atoms with Crippen LogP contribution < -0.4 is 10.2 Å². The van der Waals surface area contributed by atoms with Crippen molar-refractivity contribution in [3.05, 3.63) is 54.2 Å². The molecule has 2 aliphatic rings. The molecule has 29 heavy (non-hydrogen) atoms. The summed E-state index contributed by atoms with van der Waals surface area (Å²) in [6.45, 7) is 2.84. The van der Waals surface area contributed by atoms with E-state index in [-0.39, 0.29) is 5.91 Å². The summed E-state index contributed by atoms with van der Waals surface area (Å²) in [4.78, 5) is 28.2. The van der Waals surface area contributed by atoms with Crippen molar-refractivity contribution in [3.8, 4) is 17.8 Å². The summed E-state index contributed by atoms with van der Waals surface area (Å²) in [5.74, 6) is 7.71. The van der Waals surface area contributed by atoms with E-state index in [1.54, 1.807) is 6.20 Å². The van der Waals surface area contributed by atoms with Gasteiger partial charge in [-0.15, -0.1) is 0 Å². The summed E-state index contributed by atoms with van der Waals surface area (Å²) in [6.07, 6.45) is 5.58. The van der Waals surface area contributed by atoms with Gasteiger partial charge in [-0.25, -0.2) is 9.97 Å². The summed E-state index contributed by atoms with van der Waals surface area (Å²) in [6, 6.07) is 9.69. The van der Waals surface area contributed by atoms with E-state index in [9.17, 15) is 4.79 Å². The smallest absolute Gasteiger partial charge is 0.255 e. The molecule has 0 saturated carbocycles. The summed E-state index contributed by atoms with van der Waals surface area (Å²) in [5.41, 5.74) is 0.986. The van der Waals surface area contributed by atoms with E-state index >= 15 is 0 Å². The third-order valence-corrected chi connectivity index (χ3v) is 5.59. The van der Waals surface area contributed by atoms with E-state index in [1.807, 2.05) is 37.3 Å². The third-order valence-electron chi connectivity index (χ3n) is 5.59. The Morgan fingerprint density at radius 3 is 2.90 bits per heavy atom. The highest BCUT2D eigenvalue weighted by atomic mass is 16.2. The number of anilines is 2. The van der Waals surface area contributed by atoms with E-state index in [2.05, 4.69) is 37.1 Å². The Kier molecular flexibility index (Phi) is 4.02. The van der Waals surface area contributed by atoms with Crippen LogP contribution in [0, 0.1) is 11.8 Å². The first-order valence-corrected chi connectivity index (χ1v) is 9.65. The predicted molar refractivity (Wildman–Crippen MR) is 108 cm³/mol. The molecule has 1 saturated heterocycles. The van der Waals surface area contributed by atoms with Gasteiger partial charge < -0.3 is 10.2 Å². The Morgan fingerprint density at radius 1 is 1.21 bits per heavy atom. The quantitative estimate of drug-likeness (QED) is 0.680. The number of carbonyl (C=O) groups is 1. The number of rotatable bonds is 2. The third kappa shape index (κ3) is 2.74. The second-order valence-electron chi connectivity index (χ2n) is 7.11. The minimum Gasteiger partial charge on any atom is -0.340 e. The highest BCUT2D eigenvalue weighted by molar-refractivity contribution is 6.06. The Bertz CT molecular complexity index is 1140. The molecule has 1 atom stereocenters. The van der Waals surface area contributed by atoms with Crippen LogP contribution in [0.15, 0.2) is 42.9 Å². The van der Waals surface area contributed by atoms with E-state index in [0.717, 1.165) is 37.2 Å². The second-order valence-corrected chi connectivity index (χ2v) is 7.11. The van der Waals surface area contributed by atoms with Crippen LogP contribution in [0.4, 0.5) is 11.5 Å². The molecule has 0 aliphatic carbocycles. The van der Waals surface area contributed by atoms with Gasteiger partial charge in [-0.3, -0.25) is 4.79 Å². The first-order chi connectivity index (χ1) is 14.2. The van der Waals surface area contributed by atoms with Crippen LogP contribution in [0.1, 0.15) is 37.6 Å². The first kappa shape index (κ1) is 17.4. The lowest BCUT2D eigenvalue weighted by molar-refractivity contribution is -0.121. The number of carbonyl (C=O) groups excluding carboxylic acids is 1. The Morgan fingerprint density at radius 2 is 2.07 bits per heavy atom. The van der Waals surface area contributed by atoms with E-state index < -0.39 is 5.54 Å². The first-order valence-electron chi connectivity index (χ1n) is 9.65. The molecule has 0 spiro atoms. The molecule has 0 radical (unpaired) electrons. The number of hydrogen-bond acceptors (Lipinski definition) is 6. The van der Waals surface area contributed by atoms with Gasteiger partial charge in [-0.2, -0.15) is 14.8 Å². The van der Waals surface area contributed by atoms with Crippen molar-refractivity contribution in [1.82, 2.24) is 24.7 Å². The van der Waals surface area contributed by atoms with Crippen LogP contribution in [-0.2, 0) is 4.79 Å². The van der Waals surface area contributed by atoms with Crippen molar-refractivity contribution in [2.45, 2.75) is 31.7 Å². The summed E-state index contributed by atoms with van der Waals surface area (Å²) in [7, 11) is 0. The number of nitrogens with zero attached hydrogens (tertiary/aromatic N) is 6. The molecule has 5 rings (SSSR count). The maximum atomic E-state index is 12.7. The molecular formula is C21H19N7O. The highest BCUT2D eigenvalue weighted by Crippen LogP contribution is 2.43. The molecule has 0 bridgehead atoms. The standard InChI is InChI=1S/C21H19N7O/c1-2-21-11-6-12-27(21)18-16(25-19(21)29)13-22-20(26-18)28-17(23-14-24-28)10-9-15-7-4-3-5-8-15/h3-5,7-8,13-14H,2,6,11-12H2,1H3,(H,25,29)/t21-/m0/s1. The number of fused-ring (bicyclic) bond motifs is 3. The van der Waals surface area contributed by atoms with Gasteiger partial charge >= 0.3 is 0 Å². The maximum Gasteiger partial charge on any atom is 0.255 e. The van der Waals surface area contributed by atoms with Crippen molar-refractivity contribution in [3.63, 3.8) is 0 Å². The lowest BCUT2D eigenvalue weighted by atomic mass is 9.90. The molecule has 1 amide bonds. The van der Waals surface area contributed by atoms with Crippen LogP contribution in [0.5, 0.6) is 0 Å². The van der Waals surface area contributed by atoms with Crippen molar-refractivity contribution < 1.29 is 4.79 Å². The fraction of sp³-hybridized carbons (Fsp3) is 0.286. The zero-order chi connectivity index (χ0) is 19.8. The fourth-order valence-electron chi connectivity index (χ4n) is 4.07. The van der Waals surface area contributed by atoms with Gasteiger partial charge in [0, 0.05) is 12.1 Å². The summed E-state index contributed by atoms with van der Waals surface area (Å²) >= 11 is 0. The largest absolute Gasteiger partial charge is 0.340 e. The minimum atomic E-state index is -0.531. The molecule has 8 heteroatoms. The molecule has 0 unspecified atom stereocenters. The SMILES string of the molecule is CC[C@@]12CCCN1c1nc(-n3ncnc3C#Cc3ccccc3)ncc1NC2=O. The molecule has 1 aromatic carbocycles. The van der Waals surface area contributed by atoms with Crippen molar-refractivity contribution >= 4 is 17.4 Å². The van der Waals surface area contributed by atoms with Crippen molar-refractivity contribution in [2.75, 3.05) is 16.8 Å². The Labute approximate surface area is 168 Å². The number of aromatic nitrogens is 5. The van der Waals surface area contributed by atoms with Gasteiger partial charge in [0.05, 0.1) is 6.20 Å². The predicted octanol–water partition coefficient (Wildman–Crippen LogP) is 2.16. The molecule has 8 nitrogen and oxygen atoms in total. The van der Waals surface area contributed by atoms with Gasteiger partial charge in [0.2, 0.25) is 11.7 Å². The second kappa shape index (κ2) is 6.71. The summed E-state index contributed by atoms with van der Waals surface area (Å²) < 4.78 is 1.52. The molecule has 1 fully saturated rings. The molecule has 1 N–H and O–H groups in total. The van der Waals surface area contributed by atoms with E-state index in [1.165, 1.54) is 11.0 Å². The Balaban J connectivity index is 1.54. The van der Waals surface area contributed by atoms with Crippen LogP contribution >= 0.6 is 0 Å².